The van der Waals surface area contributed by atoms with Crippen LogP contribution in [-0.2, 0) is 21.8 Å². The molecule has 0 saturated carbocycles. The molecule has 2 aromatic heterocycles. The van der Waals surface area contributed by atoms with E-state index in [9.17, 15) is 13.2 Å². The number of hydrogen-bond acceptors (Lipinski definition) is 6. The van der Waals surface area contributed by atoms with E-state index in [1.165, 1.54) is 16.8 Å². The summed E-state index contributed by atoms with van der Waals surface area (Å²) in [6, 6.07) is 1.21. The number of carbonyl (C=O) groups excluding carboxylic acids is 1. The number of sulfonamides is 1. The van der Waals surface area contributed by atoms with Crippen LogP contribution in [0.4, 0.5) is 5.82 Å². The third-order valence-electron chi connectivity index (χ3n) is 2.80. The third-order valence-corrected chi connectivity index (χ3v) is 4.55. The summed E-state index contributed by atoms with van der Waals surface area (Å²) >= 11 is 5.87. The lowest BCUT2D eigenvalue weighted by atomic mass is 10.4. The van der Waals surface area contributed by atoms with E-state index >= 15 is 0 Å². The molecule has 0 saturated heterocycles. The summed E-state index contributed by atoms with van der Waals surface area (Å²) in [5, 5.41) is 3.60. The molecule has 2 aromatic rings. The smallest absolute Gasteiger partial charge is 0.354 e. The van der Waals surface area contributed by atoms with Crippen molar-refractivity contribution < 1.29 is 22.5 Å². The standard InChI is InChI=1S/C12H14ClN3O5S/c1-4-20-12(17)9-5-8(6-16(9)3)22(18,19)15-11-10(13)7(2)21-14-11/h5-6H,4H2,1-3H3,(H,14,15). The molecule has 2 rings (SSSR count). The molecule has 0 atom stereocenters. The van der Waals surface area contributed by atoms with Crippen molar-refractivity contribution in [3.8, 4) is 0 Å². The lowest BCUT2D eigenvalue weighted by molar-refractivity contribution is 0.0515. The Hall–Kier alpha value is -2.00. The number of rotatable bonds is 5. The SMILES string of the molecule is CCOC(=O)c1cc(S(=O)(=O)Nc2noc(C)c2Cl)cn1C. The molecule has 0 spiro atoms. The van der Waals surface area contributed by atoms with Crippen LogP contribution in [0.2, 0.25) is 5.02 Å². The van der Waals surface area contributed by atoms with E-state index in [0.717, 1.165) is 0 Å². The van der Waals surface area contributed by atoms with Crippen LogP contribution in [0.1, 0.15) is 23.2 Å². The molecular weight excluding hydrogens is 334 g/mol. The predicted octanol–water partition coefficient (Wildman–Crippen LogP) is 1.95. The Kier molecular flexibility index (Phi) is 4.47. The molecule has 120 valence electrons. The van der Waals surface area contributed by atoms with Crippen molar-refractivity contribution in [2.45, 2.75) is 18.7 Å². The number of aromatic nitrogens is 2. The summed E-state index contributed by atoms with van der Waals surface area (Å²) in [5.41, 5.74) is 0.115. The Balaban J connectivity index is 2.32. The van der Waals surface area contributed by atoms with Crippen LogP contribution in [-0.4, -0.2) is 30.7 Å². The molecule has 0 radical (unpaired) electrons. The van der Waals surface area contributed by atoms with Crippen LogP contribution in [0.15, 0.2) is 21.7 Å². The van der Waals surface area contributed by atoms with Crippen molar-refractivity contribution in [1.29, 1.82) is 0 Å². The van der Waals surface area contributed by atoms with E-state index in [1.807, 2.05) is 0 Å². The quantitative estimate of drug-likeness (QED) is 0.829. The van der Waals surface area contributed by atoms with Crippen molar-refractivity contribution >= 4 is 33.4 Å². The monoisotopic (exact) mass is 347 g/mol. The minimum Gasteiger partial charge on any atom is -0.461 e. The largest absolute Gasteiger partial charge is 0.461 e. The van der Waals surface area contributed by atoms with Crippen LogP contribution < -0.4 is 4.72 Å². The summed E-state index contributed by atoms with van der Waals surface area (Å²) < 4.78 is 37.8. The van der Waals surface area contributed by atoms with Gasteiger partial charge >= 0.3 is 5.97 Å². The fourth-order valence-corrected chi connectivity index (χ4v) is 2.95. The molecule has 0 aliphatic rings. The summed E-state index contributed by atoms with van der Waals surface area (Å²) in [6.07, 6.45) is 1.29. The highest BCUT2D eigenvalue weighted by molar-refractivity contribution is 7.92. The van der Waals surface area contributed by atoms with Gasteiger partial charge in [-0.25, -0.2) is 13.2 Å². The Labute approximate surface area is 132 Å². The highest BCUT2D eigenvalue weighted by Crippen LogP contribution is 2.27. The first kappa shape index (κ1) is 16.4. The van der Waals surface area contributed by atoms with Crippen LogP contribution in [0.3, 0.4) is 0 Å². The number of ether oxygens (including phenoxy) is 1. The van der Waals surface area contributed by atoms with Gasteiger partial charge in [0, 0.05) is 13.2 Å². The lowest BCUT2D eigenvalue weighted by Crippen LogP contribution is -2.12. The Morgan fingerprint density at radius 2 is 2.23 bits per heavy atom. The number of carbonyl (C=O) groups is 1. The van der Waals surface area contributed by atoms with Gasteiger partial charge in [-0.05, 0) is 19.9 Å². The highest BCUT2D eigenvalue weighted by Gasteiger charge is 2.24. The van der Waals surface area contributed by atoms with Gasteiger partial charge in [0.25, 0.3) is 10.0 Å². The number of nitrogens with one attached hydrogen (secondary N) is 1. The summed E-state index contributed by atoms with van der Waals surface area (Å²) in [6.45, 7) is 3.40. The highest BCUT2D eigenvalue weighted by atomic mass is 35.5. The number of nitrogens with zero attached hydrogens (tertiary/aromatic N) is 2. The molecule has 0 amide bonds. The van der Waals surface area contributed by atoms with E-state index in [-0.39, 0.29) is 28.0 Å². The van der Waals surface area contributed by atoms with Gasteiger partial charge in [0.05, 0.1) is 6.61 Å². The third kappa shape index (κ3) is 3.09. The predicted molar refractivity (Wildman–Crippen MR) is 78.4 cm³/mol. The molecule has 0 aliphatic heterocycles. The summed E-state index contributed by atoms with van der Waals surface area (Å²) in [4.78, 5) is 11.6. The van der Waals surface area contributed by atoms with E-state index in [1.54, 1.807) is 20.9 Å². The van der Waals surface area contributed by atoms with Gasteiger partial charge in [-0.2, -0.15) is 0 Å². The molecule has 10 heteroatoms. The lowest BCUT2D eigenvalue weighted by Gasteiger charge is -2.02. The van der Waals surface area contributed by atoms with Gasteiger partial charge in [-0.15, -0.1) is 0 Å². The van der Waals surface area contributed by atoms with E-state index in [4.69, 9.17) is 20.9 Å². The van der Waals surface area contributed by atoms with Crippen LogP contribution >= 0.6 is 11.6 Å². The minimum atomic E-state index is -3.96. The maximum Gasteiger partial charge on any atom is 0.354 e. The van der Waals surface area contributed by atoms with Gasteiger partial charge in [0.2, 0.25) is 5.82 Å². The minimum absolute atomic E-state index is 0.0742. The fraction of sp³-hybridized carbons (Fsp3) is 0.333. The number of halogens is 1. The Morgan fingerprint density at radius 1 is 1.55 bits per heavy atom. The Bertz CT molecular complexity index is 809. The van der Waals surface area contributed by atoms with E-state index < -0.39 is 16.0 Å². The van der Waals surface area contributed by atoms with Gasteiger partial charge in [0.15, 0.2) is 5.76 Å². The van der Waals surface area contributed by atoms with Crippen molar-refractivity contribution in [2.24, 2.45) is 7.05 Å². The zero-order valence-electron chi connectivity index (χ0n) is 12.1. The zero-order chi connectivity index (χ0) is 16.5. The molecule has 0 bridgehead atoms. The average molecular weight is 348 g/mol. The van der Waals surface area contributed by atoms with E-state index in [0.29, 0.717) is 5.76 Å². The topological polar surface area (TPSA) is 103 Å². The average Bonchev–Trinajstić information content (AvgIpc) is 2.97. The molecule has 1 N–H and O–H groups in total. The van der Waals surface area contributed by atoms with Crippen molar-refractivity contribution in [1.82, 2.24) is 9.72 Å². The molecular formula is C12H14ClN3O5S. The van der Waals surface area contributed by atoms with Crippen LogP contribution in [0, 0.1) is 6.92 Å². The second-order valence-electron chi connectivity index (χ2n) is 4.40. The van der Waals surface area contributed by atoms with Gasteiger partial charge in [-0.1, -0.05) is 16.8 Å². The molecule has 0 unspecified atom stereocenters. The van der Waals surface area contributed by atoms with E-state index in [2.05, 4.69) is 9.88 Å². The first-order valence-corrected chi connectivity index (χ1v) is 8.10. The molecule has 0 aliphatic carbocycles. The van der Waals surface area contributed by atoms with Crippen LogP contribution in [0.25, 0.3) is 0 Å². The second kappa shape index (κ2) is 6.01. The summed E-state index contributed by atoms with van der Waals surface area (Å²) in [5.74, 6) is -0.429. The van der Waals surface area contributed by atoms with Crippen molar-refractivity contribution in [3.05, 3.63) is 28.7 Å². The first-order chi connectivity index (χ1) is 10.3. The fourth-order valence-electron chi connectivity index (χ4n) is 1.70. The Morgan fingerprint density at radius 3 is 2.77 bits per heavy atom. The van der Waals surface area contributed by atoms with Crippen molar-refractivity contribution in [3.63, 3.8) is 0 Å². The zero-order valence-corrected chi connectivity index (χ0v) is 13.7. The van der Waals surface area contributed by atoms with Gasteiger partial charge in [0.1, 0.15) is 15.6 Å². The molecule has 8 nitrogen and oxygen atoms in total. The maximum atomic E-state index is 12.3. The van der Waals surface area contributed by atoms with Crippen LogP contribution in [0.5, 0.6) is 0 Å². The van der Waals surface area contributed by atoms with Crippen molar-refractivity contribution in [2.75, 3.05) is 11.3 Å². The molecule has 22 heavy (non-hydrogen) atoms. The first-order valence-electron chi connectivity index (χ1n) is 6.24. The number of aryl methyl sites for hydroxylation is 2. The normalized spacial score (nSPS) is 11.5. The molecule has 0 aromatic carbocycles. The summed E-state index contributed by atoms with van der Waals surface area (Å²) in [7, 11) is -2.42. The molecule has 0 fully saturated rings. The number of hydrogen-bond donors (Lipinski definition) is 1. The number of esters is 1. The van der Waals surface area contributed by atoms with Gasteiger partial charge < -0.3 is 13.8 Å². The van der Waals surface area contributed by atoms with Gasteiger partial charge in [-0.3, -0.25) is 4.72 Å². The molecule has 2 heterocycles. The number of anilines is 1. The maximum absolute atomic E-state index is 12.3. The second-order valence-corrected chi connectivity index (χ2v) is 6.46.